The minimum atomic E-state index is 0.274. The molecule has 0 amide bonds. The van der Waals surface area contributed by atoms with Crippen LogP contribution in [0.1, 0.15) is 30.3 Å². The van der Waals surface area contributed by atoms with Crippen LogP contribution in [-0.2, 0) is 6.54 Å². The molecule has 0 N–H and O–H groups in total. The molecule has 7 heteroatoms. The maximum atomic E-state index is 6.23. The van der Waals surface area contributed by atoms with E-state index < -0.39 is 0 Å². The number of benzene rings is 2. The predicted molar refractivity (Wildman–Crippen MR) is 107 cm³/mol. The quantitative estimate of drug-likeness (QED) is 0.596. The minimum absolute atomic E-state index is 0.274. The molecule has 28 heavy (non-hydrogen) atoms. The second kappa shape index (κ2) is 8.20. The monoisotopic (exact) mass is 399 g/mol. The van der Waals surface area contributed by atoms with Gasteiger partial charge in [-0.15, -0.1) is 10.2 Å². The Morgan fingerprint density at radius 2 is 1.93 bits per heavy atom. The summed E-state index contributed by atoms with van der Waals surface area (Å²) in [6.45, 7) is 1.57. The number of nitrogens with zero attached hydrogens (tertiary/aromatic N) is 3. The molecule has 1 atom stereocenters. The van der Waals surface area contributed by atoms with E-state index in [-0.39, 0.29) is 6.04 Å². The van der Waals surface area contributed by atoms with Gasteiger partial charge in [0.2, 0.25) is 11.8 Å². The number of likely N-dealkylation sites (tertiary alicyclic amines) is 1. The van der Waals surface area contributed by atoms with Crippen molar-refractivity contribution in [1.82, 2.24) is 15.1 Å². The number of hydrogen-bond donors (Lipinski definition) is 0. The number of methoxy groups -OCH3 is 2. The lowest BCUT2D eigenvalue weighted by Gasteiger charge is -2.24. The van der Waals surface area contributed by atoms with E-state index >= 15 is 0 Å². The summed E-state index contributed by atoms with van der Waals surface area (Å²) >= 11 is 6.23. The Labute approximate surface area is 169 Å². The second-order valence-electron chi connectivity index (χ2n) is 6.72. The Morgan fingerprint density at radius 1 is 1.11 bits per heavy atom. The van der Waals surface area contributed by atoms with Crippen molar-refractivity contribution >= 4 is 11.6 Å². The molecule has 6 nitrogen and oxygen atoms in total. The first-order chi connectivity index (χ1) is 13.7. The molecule has 3 aromatic rings. The molecular formula is C21H22ClN3O3. The van der Waals surface area contributed by atoms with E-state index in [2.05, 4.69) is 21.2 Å². The molecule has 1 saturated heterocycles. The van der Waals surface area contributed by atoms with Gasteiger partial charge in [0.05, 0.1) is 31.4 Å². The van der Waals surface area contributed by atoms with Gasteiger partial charge in [-0.05, 0) is 49.2 Å². The van der Waals surface area contributed by atoms with Gasteiger partial charge in [-0.25, -0.2) is 0 Å². The molecule has 0 spiro atoms. The highest BCUT2D eigenvalue weighted by molar-refractivity contribution is 6.33. The second-order valence-corrected chi connectivity index (χ2v) is 7.13. The fourth-order valence-electron chi connectivity index (χ4n) is 3.69. The summed E-state index contributed by atoms with van der Waals surface area (Å²) in [5.74, 6) is 2.51. The zero-order chi connectivity index (χ0) is 19.5. The Bertz CT molecular complexity index is 960. The fraction of sp³-hybridized carbons (Fsp3) is 0.333. The Balaban J connectivity index is 1.53. The molecule has 2 aromatic carbocycles. The van der Waals surface area contributed by atoms with Crippen molar-refractivity contribution in [3.63, 3.8) is 0 Å². The summed E-state index contributed by atoms with van der Waals surface area (Å²) in [4.78, 5) is 2.35. The average Bonchev–Trinajstić information content (AvgIpc) is 3.38. The summed E-state index contributed by atoms with van der Waals surface area (Å²) in [6.07, 6.45) is 2.19. The van der Waals surface area contributed by atoms with E-state index in [1.807, 2.05) is 36.4 Å². The van der Waals surface area contributed by atoms with Gasteiger partial charge in [0.25, 0.3) is 0 Å². The number of rotatable bonds is 6. The topological polar surface area (TPSA) is 60.6 Å². The van der Waals surface area contributed by atoms with Crippen LogP contribution < -0.4 is 9.47 Å². The van der Waals surface area contributed by atoms with Crippen molar-refractivity contribution in [3.05, 3.63) is 58.9 Å². The van der Waals surface area contributed by atoms with Crippen molar-refractivity contribution < 1.29 is 13.9 Å². The van der Waals surface area contributed by atoms with E-state index in [0.717, 1.165) is 36.4 Å². The van der Waals surface area contributed by atoms with Gasteiger partial charge >= 0.3 is 0 Å². The molecule has 1 unspecified atom stereocenters. The van der Waals surface area contributed by atoms with E-state index in [1.54, 1.807) is 14.2 Å². The van der Waals surface area contributed by atoms with Crippen LogP contribution in [-0.4, -0.2) is 35.9 Å². The molecular weight excluding hydrogens is 378 g/mol. The van der Waals surface area contributed by atoms with Crippen LogP contribution in [0, 0.1) is 0 Å². The number of ether oxygens (including phenoxy) is 2. The fourth-order valence-corrected chi connectivity index (χ4v) is 3.90. The molecule has 0 radical (unpaired) electrons. The average molecular weight is 400 g/mol. The maximum Gasteiger partial charge on any atom is 0.249 e. The van der Waals surface area contributed by atoms with E-state index in [4.69, 9.17) is 25.5 Å². The molecule has 1 aromatic heterocycles. The van der Waals surface area contributed by atoms with Gasteiger partial charge in [0.15, 0.2) is 11.5 Å². The molecule has 0 aliphatic carbocycles. The molecule has 4 rings (SSSR count). The third-order valence-electron chi connectivity index (χ3n) is 5.07. The lowest BCUT2D eigenvalue weighted by Crippen LogP contribution is -2.23. The van der Waals surface area contributed by atoms with Crippen LogP contribution in [0.15, 0.2) is 46.9 Å². The lowest BCUT2D eigenvalue weighted by molar-refractivity contribution is 0.223. The largest absolute Gasteiger partial charge is 0.493 e. The van der Waals surface area contributed by atoms with Gasteiger partial charge in [0, 0.05) is 6.04 Å². The smallest absolute Gasteiger partial charge is 0.249 e. The van der Waals surface area contributed by atoms with Crippen molar-refractivity contribution in [1.29, 1.82) is 0 Å². The molecule has 0 saturated carbocycles. The van der Waals surface area contributed by atoms with Crippen LogP contribution in [0.25, 0.3) is 11.5 Å². The van der Waals surface area contributed by atoms with Gasteiger partial charge in [-0.1, -0.05) is 29.8 Å². The Kier molecular flexibility index (Phi) is 5.50. The standard InChI is InChI=1S/C21H22ClN3O3/c1-26-18-10-9-14(12-19(18)27-2)17-8-5-11-25(17)13-20-23-24-21(28-20)15-6-3-4-7-16(15)22/h3-4,6-7,9-10,12,17H,5,8,11,13H2,1-2H3. The predicted octanol–water partition coefficient (Wildman–Crippen LogP) is 4.74. The van der Waals surface area contributed by atoms with Crippen molar-refractivity contribution in [2.75, 3.05) is 20.8 Å². The van der Waals surface area contributed by atoms with Crippen LogP contribution in [0.2, 0.25) is 5.02 Å². The summed E-state index contributed by atoms with van der Waals surface area (Å²) in [7, 11) is 3.30. The maximum absolute atomic E-state index is 6.23. The highest BCUT2D eigenvalue weighted by atomic mass is 35.5. The van der Waals surface area contributed by atoms with E-state index in [0.29, 0.717) is 23.3 Å². The first-order valence-corrected chi connectivity index (χ1v) is 9.60. The normalized spacial score (nSPS) is 17.0. The van der Waals surface area contributed by atoms with Gasteiger partial charge in [-0.2, -0.15) is 0 Å². The molecule has 1 fully saturated rings. The summed E-state index contributed by atoms with van der Waals surface area (Å²) < 4.78 is 16.7. The first-order valence-electron chi connectivity index (χ1n) is 9.23. The van der Waals surface area contributed by atoms with Crippen LogP contribution >= 0.6 is 11.6 Å². The Hall–Kier alpha value is -2.57. The molecule has 1 aliphatic rings. The zero-order valence-corrected chi connectivity index (χ0v) is 16.6. The summed E-state index contributed by atoms with van der Waals surface area (Å²) in [6, 6.07) is 13.8. The van der Waals surface area contributed by atoms with Gasteiger partial charge < -0.3 is 13.9 Å². The van der Waals surface area contributed by atoms with Gasteiger partial charge in [0.1, 0.15) is 0 Å². The van der Waals surface area contributed by atoms with Crippen molar-refractivity contribution in [2.45, 2.75) is 25.4 Å². The van der Waals surface area contributed by atoms with E-state index in [9.17, 15) is 0 Å². The SMILES string of the molecule is COc1ccc(C2CCCN2Cc2nnc(-c3ccccc3Cl)o2)cc1OC. The van der Waals surface area contributed by atoms with Crippen molar-refractivity contribution in [3.8, 4) is 23.0 Å². The molecule has 2 heterocycles. The van der Waals surface area contributed by atoms with Gasteiger partial charge in [-0.3, -0.25) is 4.90 Å². The minimum Gasteiger partial charge on any atom is -0.493 e. The van der Waals surface area contributed by atoms with Crippen LogP contribution in [0.3, 0.4) is 0 Å². The van der Waals surface area contributed by atoms with Crippen LogP contribution in [0.4, 0.5) is 0 Å². The number of halogens is 1. The third-order valence-corrected chi connectivity index (χ3v) is 5.40. The van der Waals surface area contributed by atoms with E-state index in [1.165, 1.54) is 5.56 Å². The lowest BCUT2D eigenvalue weighted by atomic mass is 10.0. The summed E-state index contributed by atoms with van der Waals surface area (Å²) in [5, 5.41) is 9.00. The Morgan fingerprint density at radius 3 is 2.71 bits per heavy atom. The molecule has 1 aliphatic heterocycles. The third kappa shape index (κ3) is 3.70. The first kappa shape index (κ1) is 18.8. The zero-order valence-electron chi connectivity index (χ0n) is 15.9. The highest BCUT2D eigenvalue weighted by Gasteiger charge is 2.28. The number of hydrogen-bond acceptors (Lipinski definition) is 6. The highest BCUT2D eigenvalue weighted by Crippen LogP contribution is 2.37. The summed E-state index contributed by atoms with van der Waals surface area (Å²) in [5.41, 5.74) is 1.95. The molecule has 0 bridgehead atoms. The van der Waals surface area contributed by atoms with Crippen molar-refractivity contribution in [2.24, 2.45) is 0 Å². The molecule has 146 valence electrons. The number of aromatic nitrogens is 2. The van der Waals surface area contributed by atoms with Crippen LogP contribution in [0.5, 0.6) is 11.5 Å².